The highest BCUT2D eigenvalue weighted by atomic mass is 35.5. The molecule has 1 aromatic rings. The zero-order valence-electron chi connectivity index (χ0n) is 9.84. The van der Waals surface area contributed by atoms with E-state index in [0.717, 1.165) is 6.07 Å². The van der Waals surface area contributed by atoms with Gasteiger partial charge in [0.2, 0.25) is 0 Å². The Bertz CT molecular complexity index is 441. The van der Waals surface area contributed by atoms with Crippen LogP contribution in [0.25, 0.3) is 0 Å². The van der Waals surface area contributed by atoms with Gasteiger partial charge in [0.1, 0.15) is 5.75 Å². The third-order valence-corrected chi connectivity index (χ3v) is 2.97. The highest BCUT2D eigenvalue weighted by Crippen LogP contribution is 2.31. The standard InChI is InChI=1S/C12H12ClF3O2/c1-11(2,7-13)10(17)8-5-3-4-6-9(8)18-12(14,15)16/h3-6H,7H2,1-2H3. The fourth-order valence-corrected chi connectivity index (χ4v) is 1.41. The molecular formula is C12H12ClF3O2. The Labute approximate surface area is 108 Å². The van der Waals surface area contributed by atoms with Crippen molar-refractivity contribution in [3.8, 4) is 5.75 Å². The van der Waals surface area contributed by atoms with Crippen molar-refractivity contribution in [1.29, 1.82) is 0 Å². The van der Waals surface area contributed by atoms with Crippen molar-refractivity contribution in [3.63, 3.8) is 0 Å². The van der Waals surface area contributed by atoms with Crippen LogP contribution in [0.1, 0.15) is 24.2 Å². The van der Waals surface area contributed by atoms with Crippen LogP contribution in [0.4, 0.5) is 13.2 Å². The summed E-state index contributed by atoms with van der Waals surface area (Å²) in [5, 5.41) is 0. The number of halogens is 4. The van der Waals surface area contributed by atoms with Crippen LogP contribution in [0.5, 0.6) is 5.75 Å². The van der Waals surface area contributed by atoms with E-state index >= 15 is 0 Å². The van der Waals surface area contributed by atoms with E-state index in [2.05, 4.69) is 4.74 Å². The monoisotopic (exact) mass is 280 g/mol. The number of hydrogen-bond donors (Lipinski definition) is 0. The van der Waals surface area contributed by atoms with Gasteiger partial charge in [0.15, 0.2) is 5.78 Å². The van der Waals surface area contributed by atoms with Crippen molar-refractivity contribution in [1.82, 2.24) is 0 Å². The summed E-state index contributed by atoms with van der Waals surface area (Å²) >= 11 is 5.64. The molecule has 2 nitrogen and oxygen atoms in total. The first-order valence-corrected chi connectivity index (χ1v) is 5.66. The van der Waals surface area contributed by atoms with Gasteiger partial charge in [0, 0.05) is 11.3 Å². The fourth-order valence-electron chi connectivity index (χ4n) is 1.29. The van der Waals surface area contributed by atoms with E-state index in [1.54, 1.807) is 13.8 Å². The van der Waals surface area contributed by atoms with E-state index in [1.807, 2.05) is 0 Å². The number of benzene rings is 1. The average Bonchev–Trinajstić information content (AvgIpc) is 2.26. The van der Waals surface area contributed by atoms with E-state index in [0.29, 0.717) is 0 Å². The molecule has 0 spiro atoms. The molecule has 0 N–H and O–H groups in total. The maximum Gasteiger partial charge on any atom is 0.573 e. The molecule has 18 heavy (non-hydrogen) atoms. The predicted octanol–water partition coefficient (Wildman–Crippen LogP) is 4.03. The lowest BCUT2D eigenvalue weighted by Gasteiger charge is -2.21. The molecule has 0 aliphatic carbocycles. The Morgan fingerprint density at radius 3 is 2.33 bits per heavy atom. The number of carbonyl (C=O) groups excluding carboxylic acids is 1. The second kappa shape index (κ2) is 5.18. The number of para-hydroxylation sites is 1. The van der Waals surface area contributed by atoms with Crippen molar-refractivity contribution >= 4 is 17.4 Å². The first-order valence-electron chi connectivity index (χ1n) is 5.13. The van der Waals surface area contributed by atoms with Crippen molar-refractivity contribution < 1.29 is 22.7 Å². The molecule has 0 fully saturated rings. The number of hydrogen-bond acceptors (Lipinski definition) is 2. The molecule has 0 radical (unpaired) electrons. The number of Topliss-reactive ketones (excluding diaryl/α,β-unsaturated/α-hetero) is 1. The molecule has 0 amide bonds. The second-order valence-corrected chi connectivity index (χ2v) is 4.66. The van der Waals surface area contributed by atoms with Gasteiger partial charge in [-0.2, -0.15) is 0 Å². The van der Waals surface area contributed by atoms with Gasteiger partial charge in [0.25, 0.3) is 0 Å². The minimum absolute atomic E-state index is 0.00614. The predicted molar refractivity (Wildman–Crippen MR) is 62.0 cm³/mol. The van der Waals surface area contributed by atoms with Gasteiger partial charge in [-0.05, 0) is 12.1 Å². The van der Waals surface area contributed by atoms with Crippen LogP contribution in [0.2, 0.25) is 0 Å². The summed E-state index contributed by atoms with van der Waals surface area (Å²) < 4.78 is 40.4. The Balaban J connectivity index is 3.14. The maximum atomic E-state index is 12.2. The van der Waals surface area contributed by atoms with E-state index in [1.165, 1.54) is 18.2 Å². The number of ether oxygens (including phenoxy) is 1. The lowest BCUT2D eigenvalue weighted by Crippen LogP contribution is -2.27. The molecule has 0 atom stereocenters. The highest BCUT2D eigenvalue weighted by molar-refractivity contribution is 6.21. The Kier molecular flexibility index (Phi) is 4.27. The zero-order valence-corrected chi connectivity index (χ0v) is 10.6. The summed E-state index contributed by atoms with van der Waals surface area (Å²) in [6.45, 7) is 3.12. The van der Waals surface area contributed by atoms with Crippen LogP contribution in [0.15, 0.2) is 24.3 Å². The van der Waals surface area contributed by atoms with E-state index < -0.39 is 23.3 Å². The number of ketones is 1. The third-order valence-electron chi connectivity index (χ3n) is 2.31. The third kappa shape index (κ3) is 3.63. The summed E-state index contributed by atoms with van der Waals surface area (Å²) in [5.41, 5.74) is -1.08. The summed E-state index contributed by atoms with van der Waals surface area (Å²) in [6.07, 6.45) is -4.83. The smallest absolute Gasteiger partial charge is 0.405 e. The molecule has 100 valence electrons. The van der Waals surface area contributed by atoms with Crippen LogP contribution in [0, 0.1) is 5.41 Å². The molecule has 0 heterocycles. The van der Waals surface area contributed by atoms with Crippen LogP contribution < -0.4 is 4.74 Å². The molecule has 6 heteroatoms. The van der Waals surface area contributed by atoms with E-state index in [4.69, 9.17) is 11.6 Å². The van der Waals surface area contributed by atoms with Gasteiger partial charge in [-0.1, -0.05) is 26.0 Å². The summed E-state index contributed by atoms with van der Waals surface area (Å²) in [5.74, 6) is -0.989. The summed E-state index contributed by atoms with van der Waals surface area (Å²) in [6, 6.07) is 5.23. The Morgan fingerprint density at radius 1 is 1.28 bits per heavy atom. The van der Waals surface area contributed by atoms with Crippen LogP contribution in [-0.2, 0) is 0 Å². The van der Waals surface area contributed by atoms with Crippen molar-refractivity contribution in [2.24, 2.45) is 5.41 Å². The van der Waals surface area contributed by atoms with Gasteiger partial charge >= 0.3 is 6.36 Å². The number of carbonyl (C=O) groups is 1. The van der Waals surface area contributed by atoms with Crippen LogP contribution in [-0.4, -0.2) is 18.0 Å². The summed E-state index contributed by atoms with van der Waals surface area (Å²) in [7, 11) is 0. The molecule has 1 aromatic carbocycles. The largest absolute Gasteiger partial charge is 0.573 e. The van der Waals surface area contributed by atoms with Crippen LogP contribution in [0.3, 0.4) is 0 Å². The molecule has 0 unspecified atom stereocenters. The lowest BCUT2D eigenvalue weighted by atomic mass is 9.86. The molecule has 0 aliphatic rings. The lowest BCUT2D eigenvalue weighted by molar-refractivity contribution is -0.274. The molecule has 0 saturated carbocycles. The molecule has 0 bridgehead atoms. The average molecular weight is 281 g/mol. The first kappa shape index (κ1) is 14.8. The molecule has 0 aliphatic heterocycles. The molecular weight excluding hydrogens is 269 g/mol. The number of alkyl halides is 4. The SMILES string of the molecule is CC(C)(CCl)C(=O)c1ccccc1OC(F)(F)F. The minimum atomic E-state index is -4.83. The molecule has 1 rings (SSSR count). The molecule has 0 aromatic heterocycles. The van der Waals surface area contributed by atoms with Gasteiger partial charge in [-0.15, -0.1) is 24.8 Å². The first-order chi connectivity index (χ1) is 8.17. The zero-order chi connectivity index (χ0) is 14.0. The minimum Gasteiger partial charge on any atom is -0.405 e. The quantitative estimate of drug-likeness (QED) is 0.615. The van der Waals surface area contributed by atoms with Gasteiger partial charge in [0.05, 0.1) is 5.56 Å². The van der Waals surface area contributed by atoms with Crippen molar-refractivity contribution in [2.75, 3.05) is 5.88 Å². The topological polar surface area (TPSA) is 26.3 Å². The normalized spacial score (nSPS) is 12.3. The summed E-state index contributed by atoms with van der Waals surface area (Å²) in [4.78, 5) is 12.1. The van der Waals surface area contributed by atoms with Crippen molar-refractivity contribution in [2.45, 2.75) is 20.2 Å². The van der Waals surface area contributed by atoms with Crippen molar-refractivity contribution in [3.05, 3.63) is 29.8 Å². The maximum absolute atomic E-state index is 12.2. The van der Waals surface area contributed by atoms with Crippen LogP contribution >= 0.6 is 11.6 Å². The Morgan fingerprint density at radius 2 is 1.83 bits per heavy atom. The second-order valence-electron chi connectivity index (χ2n) is 4.39. The fraction of sp³-hybridized carbons (Fsp3) is 0.417. The van der Waals surface area contributed by atoms with E-state index in [-0.39, 0.29) is 11.4 Å². The van der Waals surface area contributed by atoms with Gasteiger partial charge in [-0.25, -0.2) is 0 Å². The van der Waals surface area contributed by atoms with Gasteiger partial charge < -0.3 is 4.74 Å². The van der Waals surface area contributed by atoms with Gasteiger partial charge in [-0.3, -0.25) is 4.79 Å². The number of rotatable bonds is 4. The Hall–Kier alpha value is -1.23. The highest BCUT2D eigenvalue weighted by Gasteiger charge is 2.35. The molecule has 0 saturated heterocycles. The van der Waals surface area contributed by atoms with E-state index in [9.17, 15) is 18.0 Å².